The number of benzene rings is 1. The van der Waals surface area contributed by atoms with Crippen molar-refractivity contribution in [2.75, 3.05) is 18.2 Å². The number of carbonyl (C=O) groups excluding carboxylic acids is 2. The minimum atomic E-state index is -0.937. The molecule has 0 aliphatic carbocycles. The number of hydrogen-bond donors (Lipinski definition) is 3. The molecule has 0 radical (unpaired) electrons. The molecule has 4 N–H and O–H groups in total. The molecule has 0 unspecified atom stereocenters. The lowest BCUT2D eigenvalue weighted by atomic mass is 10.1. The van der Waals surface area contributed by atoms with Crippen molar-refractivity contribution in [3.63, 3.8) is 0 Å². The van der Waals surface area contributed by atoms with Crippen LogP contribution in [0.2, 0.25) is 0 Å². The van der Waals surface area contributed by atoms with Crippen molar-refractivity contribution >= 4 is 39.3 Å². The van der Waals surface area contributed by atoms with E-state index in [1.54, 1.807) is 45.9 Å². The van der Waals surface area contributed by atoms with Gasteiger partial charge in [-0.25, -0.2) is 4.79 Å². The highest BCUT2D eigenvalue weighted by Crippen LogP contribution is 2.23. The molecular weight excluding hydrogens is 378 g/mol. The van der Waals surface area contributed by atoms with Crippen LogP contribution < -0.4 is 16.4 Å². The van der Waals surface area contributed by atoms with Crippen LogP contribution in [0.15, 0.2) is 22.7 Å². The third-order valence-electron chi connectivity index (χ3n) is 3.07. The summed E-state index contributed by atoms with van der Waals surface area (Å²) in [5.74, 6) is -0.454. The number of ether oxygens (including phenoxy) is 2. The Balaban J connectivity index is 2.87. The summed E-state index contributed by atoms with van der Waals surface area (Å²) in [5, 5.41) is 5.21. The van der Waals surface area contributed by atoms with Gasteiger partial charge in [-0.05, 0) is 45.9 Å². The maximum absolute atomic E-state index is 12.5. The van der Waals surface area contributed by atoms with E-state index in [9.17, 15) is 9.59 Å². The molecule has 1 aromatic rings. The minimum Gasteiger partial charge on any atom is -0.444 e. The van der Waals surface area contributed by atoms with E-state index in [1.807, 2.05) is 0 Å². The Morgan fingerprint density at radius 3 is 2.42 bits per heavy atom. The second-order valence-electron chi connectivity index (χ2n) is 6.29. The highest BCUT2D eigenvalue weighted by molar-refractivity contribution is 9.10. The van der Waals surface area contributed by atoms with Crippen molar-refractivity contribution in [1.29, 1.82) is 0 Å². The van der Waals surface area contributed by atoms with E-state index < -0.39 is 29.7 Å². The SMILES string of the molecule is CO[C@H](C)[C@H](NC(=O)OC(C)(C)C)C(=O)Nc1ccc(Br)cc1N. The predicted octanol–water partition coefficient (Wildman–Crippen LogP) is 2.90. The van der Waals surface area contributed by atoms with Crippen molar-refractivity contribution in [1.82, 2.24) is 5.32 Å². The smallest absolute Gasteiger partial charge is 0.408 e. The first-order valence-electron chi connectivity index (χ1n) is 7.41. The van der Waals surface area contributed by atoms with Gasteiger partial charge in [0.2, 0.25) is 5.91 Å². The topological polar surface area (TPSA) is 103 Å². The molecule has 0 fully saturated rings. The van der Waals surface area contributed by atoms with Gasteiger partial charge < -0.3 is 25.8 Å². The van der Waals surface area contributed by atoms with Crippen molar-refractivity contribution in [3.8, 4) is 0 Å². The summed E-state index contributed by atoms with van der Waals surface area (Å²) in [5.41, 5.74) is 6.05. The molecule has 0 saturated carbocycles. The van der Waals surface area contributed by atoms with E-state index in [0.717, 1.165) is 4.47 Å². The number of anilines is 2. The number of alkyl carbamates (subject to hydrolysis) is 1. The molecule has 0 aliphatic heterocycles. The maximum Gasteiger partial charge on any atom is 0.408 e. The van der Waals surface area contributed by atoms with Crippen LogP contribution in [-0.2, 0) is 14.3 Å². The van der Waals surface area contributed by atoms with E-state index >= 15 is 0 Å². The summed E-state index contributed by atoms with van der Waals surface area (Å²) in [6.45, 7) is 6.89. The molecule has 7 nitrogen and oxygen atoms in total. The number of nitrogen functional groups attached to an aromatic ring is 1. The van der Waals surface area contributed by atoms with E-state index in [2.05, 4.69) is 26.6 Å². The third kappa shape index (κ3) is 6.37. The number of methoxy groups -OCH3 is 1. The number of rotatable bonds is 5. The van der Waals surface area contributed by atoms with Crippen molar-refractivity contribution in [2.24, 2.45) is 0 Å². The van der Waals surface area contributed by atoms with E-state index in [4.69, 9.17) is 15.2 Å². The molecule has 2 atom stereocenters. The number of nitrogens with one attached hydrogen (secondary N) is 2. The summed E-state index contributed by atoms with van der Waals surface area (Å²) in [7, 11) is 1.45. The van der Waals surface area contributed by atoms with Gasteiger partial charge in [0.25, 0.3) is 0 Å². The number of hydrogen-bond acceptors (Lipinski definition) is 5. The molecule has 1 rings (SSSR count). The summed E-state index contributed by atoms with van der Waals surface area (Å²) in [6, 6.07) is 4.15. The molecule has 0 bridgehead atoms. The standard InChI is InChI=1S/C16H24BrN3O4/c1-9(23-5)13(20-15(22)24-16(2,3)4)14(21)19-12-7-6-10(17)8-11(12)18/h6-9,13H,18H2,1-5H3,(H,19,21)(H,20,22)/t9-,13+/m1/s1. The van der Waals surface area contributed by atoms with Gasteiger partial charge in [0.1, 0.15) is 11.6 Å². The Kier molecular flexibility index (Phi) is 7.04. The van der Waals surface area contributed by atoms with Crippen molar-refractivity contribution < 1.29 is 19.1 Å². The van der Waals surface area contributed by atoms with Crippen LogP contribution in [0.25, 0.3) is 0 Å². The lowest BCUT2D eigenvalue weighted by molar-refractivity contribution is -0.121. The normalized spacial score (nSPS) is 13.8. The first-order chi connectivity index (χ1) is 11.0. The second-order valence-corrected chi connectivity index (χ2v) is 7.20. The molecule has 0 aliphatic rings. The highest BCUT2D eigenvalue weighted by Gasteiger charge is 2.29. The maximum atomic E-state index is 12.5. The molecule has 24 heavy (non-hydrogen) atoms. The first kappa shape index (κ1) is 20.2. The van der Waals surface area contributed by atoms with Crippen LogP contribution >= 0.6 is 15.9 Å². The van der Waals surface area contributed by atoms with Crippen LogP contribution in [-0.4, -0.2) is 36.9 Å². The molecule has 0 saturated heterocycles. The Morgan fingerprint density at radius 1 is 1.29 bits per heavy atom. The number of amides is 2. The van der Waals surface area contributed by atoms with Crippen LogP contribution in [0, 0.1) is 0 Å². The number of halogens is 1. The van der Waals surface area contributed by atoms with Gasteiger partial charge in [0.05, 0.1) is 17.5 Å². The number of nitrogens with two attached hydrogens (primary N) is 1. The average molecular weight is 402 g/mol. The highest BCUT2D eigenvalue weighted by atomic mass is 79.9. The van der Waals surface area contributed by atoms with Gasteiger partial charge in [0.15, 0.2) is 0 Å². The summed E-state index contributed by atoms with van der Waals surface area (Å²) < 4.78 is 11.2. The van der Waals surface area contributed by atoms with Gasteiger partial charge in [-0.3, -0.25) is 4.79 Å². The Labute approximate surface area is 150 Å². The van der Waals surface area contributed by atoms with E-state index in [0.29, 0.717) is 11.4 Å². The van der Waals surface area contributed by atoms with E-state index in [-0.39, 0.29) is 0 Å². The Hall–Kier alpha value is -1.80. The van der Waals surface area contributed by atoms with Gasteiger partial charge >= 0.3 is 6.09 Å². The van der Waals surface area contributed by atoms with Crippen LogP contribution in [0.4, 0.5) is 16.2 Å². The lowest BCUT2D eigenvalue weighted by Crippen LogP contribution is -2.51. The predicted molar refractivity (Wildman–Crippen MR) is 96.8 cm³/mol. The summed E-state index contributed by atoms with van der Waals surface area (Å²) in [4.78, 5) is 24.5. The number of carbonyl (C=O) groups is 2. The fraction of sp³-hybridized carbons (Fsp3) is 0.500. The molecule has 134 valence electrons. The zero-order chi connectivity index (χ0) is 18.5. The first-order valence-corrected chi connectivity index (χ1v) is 8.21. The van der Waals surface area contributed by atoms with Gasteiger partial charge in [-0.15, -0.1) is 0 Å². The average Bonchev–Trinajstić information content (AvgIpc) is 2.45. The third-order valence-corrected chi connectivity index (χ3v) is 3.56. The van der Waals surface area contributed by atoms with Gasteiger partial charge in [-0.2, -0.15) is 0 Å². The van der Waals surface area contributed by atoms with Crippen LogP contribution in [0.5, 0.6) is 0 Å². The van der Waals surface area contributed by atoms with Crippen LogP contribution in [0.3, 0.4) is 0 Å². The van der Waals surface area contributed by atoms with Crippen molar-refractivity contribution in [2.45, 2.75) is 45.4 Å². The minimum absolute atomic E-state index is 0.402. The molecule has 0 heterocycles. The lowest BCUT2D eigenvalue weighted by Gasteiger charge is -2.26. The van der Waals surface area contributed by atoms with E-state index in [1.165, 1.54) is 7.11 Å². The summed E-state index contributed by atoms with van der Waals surface area (Å²) >= 11 is 3.30. The molecular formula is C16H24BrN3O4. The molecule has 0 spiro atoms. The molecule has 1 aromatic carbocycles. The Bertz CT molecular complexity index is 601. The van der Waals surface area contributed by atoms with Crippen molar-refractivity contribution in [3.05, 3.63) is 22.7 Å². The quantitative estimate of drug-likeness (QED) is 0.658. The second kappa shape index (κ2) is 8.34. The van der Waals surface area contributed by atoms with Gasteiger partial charge in [-0.1, -0.05) is 15.9 Å². The monoisotopic (exact) mass is 401 g/mol. The zero-order valence-corrected chi connectivity index (χ0v) is 16.1. The molecule has 0 aromatic heterocycles. The largest absolute Gasteiger partial charge is 0.444 e. The fourth-order valence-electron chi connectivity index (χ4n) is 1.82. The summed E-state index contributed by atoms with van der Waals surface area (Å²) in [6.07, 6.45) is -1.26. The van der Waals surface area contributed by atoms with Crippen LogP contribution in [0.1, 0.15) is 27.7 Å². The fourth-order valence-corrected chi connectivity index (χ4v) is 2.20. The van der Waals surface area contributed by atoms with Gasteiger partial charge in [0, 0.05) is 11.6 Å². The molecule has 8 heteroatoms. The Morgan fingerprint density at radius 2 is 1.92 bits per heavy atom. The molecule has 2 amide bonds. The zero-order valence-electron chi connectivity index (χ0n) is 14.5.